The standard InChI is InChI=1S/C24H28N4O/c1-19(29)26-22-10-7-11-23-24(22)25-18-28(23)15-6-5-14-27-16-12-21(13-17-27)20-8-3-2-4-9-20/h2-4,7-12,18H,5-6,13-17H2,1H3,(H,26,29). The number of rotatable bonds is 7. The first-order valence-electron chi connectivity index (χ1n) is 10.4. The number of carbonyl (C=O) groups excluding carboxylic acids is 1. The maximum absolute atomic E-state index is 11.4. The number of aromatic nitrogens is 2. The number of para-hydroxylation sites is 1. The van der Waals surface area contributed by atoms with E-state index in [4.69, 9.17) is 0 Å². The molecule has 1 N–H and O–H groups in total. The maximum atomic E-state index is 11.4. The molecule has 5 nitrogen and oxygen atoms in total. The summed E-state index contributed by atoms with van der Waals surface area (Å²) < 4.78 is 2.18. The molecule has 5 heteroatoms. The van der Waals surface area contributed by atoms with Gasteiger partial charge >= 0.3 is 0 Å². The lowest BCUT2D eigenvalue weighted by molar-refractivity contribution is -0.114. The Morgan fingerprint density at radius 3 is 2.66 bits per heavy atom. The fourth-order valence-electron chi connectivity index (χ4n) is 4.00. The molecule has 0 bridgehead atoms. The fourth-order valence-corrected chi connectivity index (χ4v) is 4.00. The van der Waals surface area contributed by atoms with E-state index in [2.05, 4.69) is 62.2 Å². The predicted octanol–water partition coefficient (Wildman–Crippen LogP) is 4.56. The summed E-state index contributed by atoms with van der Waals surface area (Å²) in [7, 11) is 0. The summed E-state index contributed by atoms with van der Waals surface area (Å²) in [6.07, 6.45) is 7.67. The van der Waals surface area contributed by atoms with Gasteiger partial charge in [-0.3, -0.25) is 9.69 Å². The zero-order valence-corrected chi connectivity index (χ0v) is 17.0. The largest absolute Gasteiger partial charge is 0.331 e. The van der Waals surface area contributed by atoms with Gasteiger partial charge in [0, 0.05) is 26.6 Å². The van der Waals surface area contributed by atoms with Crippen LogP contribution in [0, 0.1) is 0 Å². The van der Waals surface area contributed by atoms with Gasteiger partial charge in [0.15, 0.2) is 0 Å². The zero-order valence-electron chi connectivity index (χ0n) is 17.0. The van der Waals surface area contributed by atoms with Gasteiger partial charge in [-0.15, -0.1) is 0 Å². The summed E-state index contributed by atoms with van der Waals surface area (Å²) >= 11 is 0. The van der Waals surface area contributed by atoms with Crippen molar-refractivity contribution in [3.8, 4) is 0 Å². The minimum atomic E-state index is -0.0712. The number of unbranched alkanes of at least 4 members (excludes halogenated alkanes) is 1. The van der Waals surface area contributed by atoms with E-state index < -0.39 is 0 Å². The molecule has 0 spiro atoms. The summed E-state index contributed by atoms with van der Waals surface area (Å²) in [6.45, 7) is 5.77. The minimum absolute atomic E-state index is 0.0712. The highest BCUT2D eigenvalue weighted by Gasteiger charge is 2.13. The topological polar surface area (TPSA) is 50.2 Å². The van der Waals surface area contributed by atoms with Crippen molar-refractivity contribution in [2.24, 2.45) is 0 Å². The first kappa shape index (κ1) is 19.4. The number of imidazole rings is 1. The van der Waals surface area contributed by atoms with Crippen LogP contribution in [0.15, 0.2) is 60.9 Å². The van der Waals surface area contributed by atoms with Crippen LogP contribution in [-0.4, -0.2) is 40.0 Å². The van der Waals surface area contributed by atoms with Crippen molar-refractivity contribution in [1.82, 2.24) is 14.5 Å². The molecular formula is C24H28N4O. The molecule has 0 fully saturated rings. The number of anilines is 1. The van der Waals surface area contributed by atoms with Gasteiger partial charge in [0.05, 0.1) is 17.5 Å². The SMILES string of the molecule is CC(=O)Nc1cccc2c1ncn2CCCCN1CC=C(c2ccccc2)CC1. The number of aryl methyl sites for hydroxylation is 1. The number of fused-ring (bicyclic) bond motifs is 1. The number of hydrogen-bond acceptors (Lipinski definition) is 3. The zero-order chi connectivity index (χ0) is 20.1. The lowest BCUT2D eigenvalue weighted by Crippen LogP contribution is -2.29. The molecule has 150 valence electrons. The number of hydrogen-bond donors (Lipinski definition) is 1. The van der Waals surface area contributed by atoms with Crippen molar-refractivity contribution >= 4 is 28.2 Å². The van der Waals surface area contributed by atoms with Gasteiger partial charge in [0.2, 0.25) is 5.91 Å². The molecular weight excluding hydrogens is 360 g/mol. The summed E-state index contributed by atoms with van der Waals surface area (Å²) in [5.74, 6) is -0.0712. The number of carbonyl (C=O) groups is 1. The molecule has 2 aromatic carbocycles. The van der Waals surface area contributed by atoms with Crippen LogP contribution in [0.25, 0.3) is 16.6 Å². The minimum Gasteiger partial charge on any atom is -0.331 e. The second-order valence-electron chi connectivity index (χ2n) is 7.65. The molecule has 1 aromatic heterocycles. The van der Waals surface area contributed by atoms with Crippen molar-refractivity contribution in [2.45, 2.75) is 32.7 Å². The Hall–Kier alpha value is -2.92. The van der Waals surface area contributed by atoms with Crippen LogP contribution in [0.1, 0.15) is 31.7 Å². The van der Waals surface area contributed by atoms with Crippen molar-refractivity contribution in [1.29, 1.82) is 0 Å². The summed E-state index contributed by atoms with van der Waals surface area (Å²) in [4.78, 5) is 18.4. The van der Waals surface area contributed by atoms with Crippen LogP contribution in [0.3, 0.4) is 0 Å². The highest BCUT2D eigenvalue weighted by molar-refractivity contribution is 5.98. The summed E-state index contributed by atoms with van der Waals surface area (Å²) in [6, 6.07) is 16.6. The molecule has 0 aliphatic carbocycles. The molecule has 0 saturated carbocycles. The molecule has 3 aromatic rings. The van der Waals surface area contributed by atoms with Crippen LogP contribution in [0.2, 0.25) is 0 Å². The van der Waals surface area contributed by atoms with Gasteiger partial charge in [-0.05, 0) is 49.1 Å². The Balaban J connectivity index is 1.27. The van der Waals surface area contributed by atoms with E-state index in [0.29, 0.717) is 0 Å². The highest BCUT2D eigenvalue weighted by atomic mass is 16.1. The van der Waals surface area contributed by atoms with E-state index >= 15 is 0 Å². The van der Waals surface area contributed by atoms with Crippen molar-refractivity contribution in [3.05, 3.63) is 66.5 Å². The molecule has 1 amide bonds. The second kappa shape index (κ2) is 9.05. The van der Waals surface area contributed by atoms with E-state index in [-0.39, 0.29) is 5.91 Å². The van der Waals surface area contributed by atoms with Crippen LogP contribution >= 0.6 is 0 Å². The van der Waals surface area contributed by atoms with Crippen LogP contribution in [0.5, 0.6) is 0 Å². The third-order valence-corrected chi connectivity index (χ3v) is 5.52. The van der Waals surface area contributed by atoms with Crippen LogP contribution in [-0.2, 0) is 11.3 Å². The van der Waals surface area contributed by atoms with Crippen molar-refractivity contribution in [2.75, 3.05) is 25.0 Å². The van der Waals surface area contributed by atoms with Crippen molar-refractivity contribution < 1.29 is 4.79 Å². The van der Waals surface area contributed by atoms with E-state index in [0.717, 1.165) is 55.7 Å². The molecule has 2 heterocycles. The lowest BCUT2D eigenvalue weighted by atomic mass is 9.99. The molecule has 1 aliphatic rings. The number of nitrogens with zero attached hydrogens (tertiary/aromatic N) is 3. The van der Waals surface area contributed by atoms with Gasteiger partial charge in [-0.1, -0.05) is 42.5 Å². The molecule has 0 radical (unpaired) electrons. The Bertz CT molecular complexity index is 1010. The maximum Gasteiger partial charge on any atom is 0.221 e. The average Bonchev–Trinajstić information content (AvgIpc) is 3.16. The van der Waals surface area contributed by atoms with E-state index in [1.54, 1.807) is 0 Å². The quantitative estimate of drug-likeness (QED) is 0.604. The second-order valence-corrected chi connectivity index (χ2v) is 7.65. The molecule has 0 saturated heterocycles. The number of nitrogens with one attached hydrogen (secondary N) is 1. The predicted molar refractivity (Wildman–Crippen MR) is 119 cm³/mol. The third-order valence-electron chi connectivity index (χ3n) is 5.52. The Labute approximate surface area is 172 Å². The molecule has 29 heavy (non-hydrogen) atoms. The van der Waals surface area contributed by atoms with Crippen LogP contribution in [0.4, 0.5) is 5.69 Å². The Morgan fingerprint density at radius 1 is 1.07 bits per heavy atom. The Morgan fingerprint density at radius 2 is 1.90 bits per heavy atom. The molecule has 0 unspecified atom stereocenters. The fraction of sp³-hybridized carbons (Fsp3) is 0.333. The van der Waals surface area contributed by atoms with Gasteiger partial charge in [0.1, 0.15) is 5.52 Å². The normalized spacial score (nSPS) is 14.7. The van der Waals surface area contributed by atoms with Crippen LogP contribution < -0.4 is 5.32 Å². The first-order valence-corrected chi connectivity index (χ1v) is 10.4. The van der Waals surface area contributed by atoms with Gasteiger partial charge < -0.3 is 9.88 Å². The molecule has 1 aliphatic heterocycles. The first-order chi connectivity index (χ1) is 14.2. The van der Waals surface area contributed by atoms with E-state index in [9.17, 15) is 4.79 Å². The van der Waals surface area contributed by atoms with Gasteiger partial charge in [-0.2, -0.15) is 0 Å². The number of benzene rings is 2. The van der Waals surface area contributed by atoms with Gasteiger partial charge in [-0.25, -0.2) is 4.98 Å². The summed E-state index contributed by atoms with van der Waals surface area (Å²) in [5.41, 5.74) is 5.55. The smallest absolute Gasteiger partial charge is 0.221 e. The third kappa shape index (κ3) is 4.74. The Kier molecular flexibility index (Phi) is 6.06. The average molecular weight is 389 g/mol. The number of amides is 1. The highest BCUT2D eigenvalue weighted by Crippen LogP contribution is 2.23. The van der Waals surface area contributed by atoms with Crippen molar-refractivity contribution in [3.63, 3.8) is 0 Å². The lowest BCUT2D eigenvalue weighted by Gasteiger charge is -2.26. The van der Waals surface area contributed by atoms with E-state index in [1.165, 1.54) is 24.5 Å². The molecule has 4 rings (SSSR count). The molecule has 0 atom stereocenters. The monoisotopic (exact) mass is 388 g/mol. The van der Waals surface area contributed by atoms with E-state index in [1.807, 2.05) is 18.5 Å². The van der Waals surface area contributed by atoms with Gasteiger partial charge in [0.25, 0.3) is 0 Å². The summed E-state index contributed by atoms with van der Waals surface area (Å²) in [5, 5.41) is 2.86.